The minimum Gasteiger partial charge on any atom is -0.313 e. The van der Waals surface area contributed by atoms with Crippen LogP contribution in [0.1, 0.15) is 6.42 Å². The van der Waals surface area contributed by atoms with E-state index in [0.29, 0.717) is 6.54 Å². The molecular weight excluding hydrogens is 202 g/mol. The molecule has 1 aliphatic rings. The quantitative estimate of drug-likeness (QED) is 0.615. The zero-order valence-corrected chi connectivity index (χ0v) is 9.39. The van der Waals surface area contributed by atoms with Gasteiger partial charge < -0.3 is 5.32 Å². The standard InChI is InChI=1S/C8H17N3O2S/c1-11(2)14(12,13)10-7-8-3-5-9-6-4-8/h3,9-10H,4-7H2,1-2H3. The van der Waals surface area contributed by atoms with E-state index in [2.05, 4.69) is 10.0 Å². The van der Waals surface area contributed by atoms with E-state index >= 15 is 0 Å². The van der Waals surface area contributed by atoms with E-state index in [1.54, 1.807) is 0 Å². The van der Waals surface area contributed by atoms with Crippen LogP contribution in [0, 0.1) is 0 Å². The van der Waals surface area contributed by atoms with Gasteiger partial charge in [0.2, 0.25) is 0 Å². The van der Waals surface area contributed by atoms with Crippen LogP contribution in [0.3, 0.4) is 0 Å². The molecule has 0 aromatic rings. The van der Waals surface area contributed by atoms with Gasteiger partial charge in [0.1, 0.15) is 0 Å². The van der Waals surface area contributed by atoms with Crippen molar-refractivity contribution in [2.24, 2.45) is 0 Å². The number of nitrogens with one attached hydrogen (secondary N) is 2. The van der Waals surface area contributed by atoms with Gasteiger partial charge >= 0.3 is 0 Å². The smallest absolute Gasteiger partial charge is 0.279 e. The van der Waals surface area contributed by atoms with Crippen molar-refractivity contribution in [2.45, 2.75) is 6.42 Å². The molecule has 2 N–H and O–H groups in total. The molecular formula is C8H17N3O2S. The molecule has 0 aromatic heterocycles. The fourth-order valence-corrected chi connectivity index (χ4v) is 1.77. The van der Waals surface area contributed by atoms with Crippen molar-refractivity contribution in [3.8, 4) is 0 Å². The van der Waals surface area contributed by atoms with E-state index in [9.17, 15) is 8.42 Å². The van der Waals surface area contributed by atoms with Gasteiger partial charge in [-0.25, -0.2) is 0 Å². The van der Waals surface area contributed by atoms with Crippen LogP contribution in [0.25, 0.3) is 0 Å². The van der Waals surface area contributed by atoms with Gasteiger partial charge in [-0.15, -0.1) is 0 Å². The maximum Gasteiger partial charge on any atom is 0.279 e. The first kappa shape index (κ1) is 11.6. The lowest BCUT2D eigenvalue weighted by Gasteiger charge is -2.16. The summed E-state index contributed by atoms with van der Waals surface area (Å²) in [5.74, 6) is 0. The normalized spacial score (nSPS) is 18.4. The summed E-state index contributed by atoms with van der Waals surface area (Å²) in [6.07, 6.45) is 2.94. The van der Waals surface area contributed by atoms with Gasteiger partial charge in [-0.2, -0.15) is 17.4 Å². The molecule has 6 heteroatoms. The third-order valence-electron chi connectivity index (χ3n) is 2.12. The molecule has 0 saturated carbocycles. The molecule has 5 nitrogen and oxygen atoms in total. The first-order valence-electron chi connectivity index (χ1n) is 4.58. The Morgan fingerprint density at radius 3 is 2.79 bits per heavy atom. The van der Waals surface area contributed by atoms with Crippen molar-refractivity contribution in [3.63, 3.8) is 0 Å². The van der Waals surface area contributed by atoms with Gasteiger partial charge in [-0.1, -0.05) is 11.6 Å². The van der Waals surface area contributed by atoms with E-state index < -0.39 is 10.2 Å². The number of hydrogen-bond donors (Lipinski definition) is 2. The van der Waals surface area contributed by atoms with Crippen molar-refractivity contribution >= 4 is 10.2 Å². The number of rotatable bonds is 4. The summed E-state index contributed by atoms with van der Waals surface area (Å²) in [5, 5.41) is 3.17. The highest BCUT2D eigenvalue weighted by Gasteiger charge is 2.13. The van der Waals surface area contributed by atoms with Crippen molar-refractivity contribution < 1.29 is 8.42 Å². The van der Waals surface area contributed by atoms with Gasteiger partial charge in [0, 0.05) is 27.2 Å². The van der Waals surface area contributed by atoms with Gasteiger partial charge in [-0.05, 0) is 13.0 Å². The Hall–Kier alpha value is -0.430. The Bertz CT molecular complexity index is 309. The molecule has 1 rings (SSSR count). The Morgan fingerprint density at radius 2 is 2.29 bits per heavy atom. The molecule has 0 radical (unpaired) electrons. The summed E-state index contributed by atoms with van der Waals surface area (Å²) in [4.78, 5) is 0. The molecule has 0 aromatic carbocycles. The summed E-state index contributed by atoms with van der Waals surface area (Å²) in [5.41, 5.74) is 1.15. The van der Waals surface area contributed by atoms with Crippen LogP contribution in [0.15, 0.2) is 11.6 Å². The molecule has 0 fully saturated rings. The molecule has 82 valence electrons. The highest BCUT2D eigenvalue weighted by atomic mass is 32.2. The van der Waals surface area contributed by atoms with Gasteiger partial charge in [-0.3, -0.25) is 0 Å². The molecule has 0 saturated heterocycles. The van der Waals surface area contributed by atoms with Crippen LogP contribution in [0.4, 0.5) is 0 Å². The maximum atomic E-state index is 11.3. The molecule has 1 heterocycles. The molecule has 14 heavy (non-hydrogen) atoms. The van der Waals surface area contributed by atoms with E-state index in [-0.39, 0.29) is 0 Å². The number of nitrogens with zero attached hydrogens (tertiary/aromatic N) is 1. The van der Waals surface area contributed by atoms with Gasteiger partial charge in [0.05, 0.1) is 0 Å². The predicted octanol–water partition coefficient (Wildman–Crippen LogP) is -0.698. The monoisotopic (exact) mass is 219 g/mol. The molecule has 0 unspecified atom stereocenters. The molecule has 0 atom stereocenters. The molecule has 0 bridgehead atoms. The average molecular weight is 219 g/mol. The SMILES string of the molecule is CN(C)S(=O)(=O)NCC1=CCNCC1. The summed E-state index contributed by atoms with van der Waals surface area (Å²) in [6.45, 7) is 2.18. The van der Waals surface area contributed by atoms with Gasteiger partial charge in [0.15, 0.2) is 0 Å². The zero-order valence-electron chi connectivity index (χ0n) is 8.58. The zero-order chi connectivity index (χ0) is 10.6. The molecule has 0 amide bonds. The third-order valence-corrected chi connectivity index (χ3v) is 3.59. The summed E-state index contributed by atoms with van der Waals surface area (Å²) in [7, 11) is -0.249. The molecule has 0 spiro atoms. The first-order chi connectivity index (χ1) is 6.52. The van der Waals surface area contributed by atoms with Gasteiger partial charge in [0.25, 0.3) is 10.2 Å². The van der Waals surface area contributed by atoms with Crippen molar-refractivity contribution in [2.75, 3.05) is 33.7 Å². The van der Waals surface area contributed by atoms with E-state index in [1.165, 1.54) is 18.4 Å². The second-order valence-electron chi connectivity index (χ2n) is 3.43. The average Bonchev–Trinajstić information content (AvgIpc) is 2.16. The van der Waals surface area contributed by atoms with Crippen molar-refractivity contribution in [3.05, 3.63) is 11.6 Å². The van der Waals surface area contributed by atoms with Crippen LogP contribution in [0.5, 0.6) is 0 Å². The summed E-state index contributed by atoms with van der Waals surface area (Å²) < 4.78 is 26.4. The largest absolute Gasteiger partial charge is 0.313 e. The van der Waals surface area contributed by atoms with Crippen LogP contribution < -0.4 is 10.0 Å². The Morgan fingerprint density at radius 1 is 1.57 bits per heavy atom. The maximum absolute atomic E-state index is 11.3. The lowest BCUT2D eigenvalue weighted by atomic mass is 10.1. The van der Waals surface area contributed by atoms with Crippen LogP contribution in [-0.4, -0.2) is 46.5 Å². The highest BCUT2D eigenvalue weighted by Crippen LogP contribution is 2.03. The topological polar surface area (TPSA) is 61.4 Å². The van der Waals surface area contributed by atoms with Crippen LogP contribution in [0.2, 0.25) is 0 Å². The van der Waals surface area contributed by atoms with Crippen LogP contribution in [-0.2, 0) is 10.2 Å². The highest BCUT2D eigenvalue weighted by molar-refractivity contribution is 7.87. The summed E-state index contributed by atoms with van der Waals surface area (Å²) in [6, 6.07) is 0. The minimum absolute atomic E-state index is 0.419. The van der Waals surface area contributed by atoms with Crippen molar-refractivity contribution in [1.29, 1.82) is 0 Å². The predicted molar refractivity (Wildman–Crippen MR) is 56.2 cm³/mol. The lowest BCUT2D eigenvalue weighted by molar-refractivity contribution is 0.507. The number of hydrogen-bond acceptors (Lipinski definition) is 3. The third kappa shape index (κ3) is 3.38. The Labute approximate surface area is 85.4 Å². The second kappa shape index (κ2) is 4.88. The second-order valence-corrected chi connectivity index (χ2v) is 5.39. The van der Waals surface area contributed by atoms with Crippen molar-refractivity contribution in [1.82, 2.24) is 14.3 Å². The van der Waals surface area contributed by atoms with Crippen LogP contribution >= 0.6 is 0 Å². The molecule has 1 aliphatic heterocycles. The Kier molecular flexibility index (Phi) is 4.06. The first-order valence-corrected chi connectivity index (χ1v) is 6.02. The van der Waals surface area contributed by atoms with E-state index in [0.717, 1.165) is 25.1 Å². The van der Waals surface area contributed by atoms with E-state index in [4.69, 9.17) is 0 Å². The fourth-order valence-electron chi connectivity index (χ4n) is 1.14. The molecule has 0 aliphatic carbocycles. The summed E-state index contributed by atoms with van der Waals surface area (Å²) >= 11 is 0. The minimum atomic E-state index is -3.28. The fraction of sp³-hybridized carbons (Fsp3) is 0.750. The van der Waals surface area contributed by atoms with E-state index in [1.807, 2.05) is 6.08 Å². The lowest BCUT2D eigenvalue weighted by Crippen LogP contribution is -2.37. The Balaban J connectivity index is 2.44.